The third-order valence-electron chi connectivity index (χ3n) is 5.58. The number of benzene rings is 2. The standard InChI is InChI=1S/C23H23ClN2O4/c1-2-30-21(27)13-23(29)12-15-6-4-3-5-14(15)11-20(23)26-22(28)19-10-16-9-17(24)7-8-18(16)25-19/h3-10,20,25,29H,2,11-13H2,1H3,(H,26,28)/t20-,23-/m0/s1. The Bertz CT molecular complexity index is 1110. The predicted octanol–water partition coefficient (Wildman–Crippen LogP) is 3.40. The predicted molar refractivity (Wildman–Crippen MR) is 115 cm³/mol. The molecule has 2 aromatic carbocycles. The molecular formula is C23H23ClN2O4. The van der Waals surface area contributed by atoms with Crippen LogP contribution in [0.2, 0.25) is 5.02 Å². The van der Waals surface area contributed by atoms with Crippen LogP contribution in [0.15, 0.2) is 48.5 Å². The van der Waals surface area contributed by atoms with Crippen molar-refractivity contribution in [2.45, 2.75) is 37.8 Å². The van der Waals surface area contributed by atoms with Gasteiger partial charge in [-0.3, -0.25) is 9.59 Å². The van der Waals surface area contributed by atoms with Gasteiger partial charge in [-0.2, -0.15) is 0 Å². The van der Waals surface area contributed by atoms with Crippen LogP contribution in [-0.4, -0.2) is 40.2 Å². The van der Waals surface area contributed by atoms with Crippen LogP contribution in [0.25, 0.3) is 10.9 Å². The number of amides is 1. The van der Waals surface area contributed by atoms with E-state index >= 15 is 0 Å². The summed E-state index contributed by atoms with van der Waals surface area (Å²) in [6.45, 7) is 1.96. The number of halogens is 1. The zero-order chi connectivity index (χ0) is 21.3. The summed E-state index contributed by atoms with van der Waals surface area (Å²) in [7, 11) is 0. The van der Waals surface area contributed by atoms with Crippen molar-refractivity contribution in [3.63, 3.8) is 0 Å². The molecule has 0 radical (unpaired) electrons. The summed E-state index contributed by atoms with van der Waals surface area (Å²) >= 11 is 6.03. The van der Waals surface area contributed by atoms with Crippen LogP contribution >= 0.6 is 11.6 Å². The molecule has 0 aliphatic heterocycles. The van der Waals surface area contributed by atoms with Gasteiger partial charge in [0.1, 0.15) is 5.69 Å². The van der Waals surface area contributed by atoms with Crippen LogP contribution in [-0.2, 0) is 22.4 Å². The number of carbonyl (C=O) groups is 2. The van der Waals surface area contributed by atoms with E-state index in [0.717, 1.165) is 22.0 Å². The van der Waals surface area contributed by atoms with E-state index in [-0.39, 0.29) is 25.4 Å². The number of ether oxygens (including phenoxy) is 1. The van der Waals surface area contributed by atoms with E-state index in [1.54, 1.807) is 25.1 Å². The highest BCUT2D eigenvalue weighted by atomic mass is 35.5. The number of esters is 1. The molecule has 1 aliphatic carbocycles. The fourth-order valence-electron chi connectivity index (χ4n) is 4.09. The Balaban J connectivity index is 1.61. The van der Waals surface area contributed by atoms with Gasteiger partial charge in [0.15, 0.2) is 0 Å². The Morgan fingerprint density at radius 2 is 2.00 bits per heavy atom. The van der Waals surface area contributed by atoms with Crippen LogP contribution in [0.3, 0.4) is 0 Å². The van der Waals surface area contributed by atoms with Gasteiger partial charge in [0.25, 0.3) is 5.91 Å². The molecule has 0 bridgehead atoms. The van der Waals surface area contributed by atoms with Gasteiger partial charge >= 0.3 is 5.97 Å². The molecule has 2 atom stereocenters. The molecule has 1 aromatic heterocycles. The van der Waals surface area contributed by atoms with Gasteiger partial charge in [-0.15, -0.1) is 0 Å². The van der Waals surface area contributed by atoms with E-state index in [0.29, 0.717) is 17.1 Å². The van der Waals surface area contributed by atoms with Crippen molar-refractivity contribution in [3.05, 3.63) is 70.4 Å². The molecule has 1 amide bonds. The number of aromatic nitrogens is 1. The molecule has 7 heteroatoms. The number of hydrogen-bond acceptors (Lipinski definition) is 4. The van der Waals surface area contributed by atoms with E-state index in [1.165, 1.54) is 0 Å². The zero-order valence-electron chi connectivity index (χ0n) is 16.6. The molecule has 156 valence electrons. The number of H-pyrrole nitrogens is 1. The van der Waals surface area contributed by atoms with Gasteiger partial charge in [-0.05, 0) is 48.7 Å². The van der Waals surface area contributed by atoms with Crippen molar-refractivity contribution in [2.24, 2.45) is 0 Å². The maximum atomic E-state index is 13.0. The van der Waals surface area contributed by atoms with Crippen LogP contribution in [0.4, 0.5) is 0 Å². The molecule has 0 unspecified atom stereocenters. The Morgan fingerprint density at radius 1 is 1.23 bits per heavy atom. The molecule has 30 heavy (non-hydrogen) atoms. The summed E-state index contributed by atoms with van der Waals surface area (Å²) in [6, 6.07) is 14.1. The number of nitrogens with one attached hydrogen (secondary N) is 2. The average Bonchev–Trinajstić information content (AvgIpc) is 3.12. The first-order valence-corrected chi connectivity index (χ1v) is 10.3. The number of fused-ring (bicyclic) bond motifs is 2. The van der Waals surface area contributed by atoms with Crippen LogP contribution < -0.4 is 5.32 Å². The average molecular weight is 427 g/mol. The highest BCUT2D eigenvalue weighted by Crippen LogP contribution is 2.32. The van der Waals surface area contributed by atoms with Crippen LogP contribution in [0, 0.1) is 0 Å². The van der Waals surface area contributed by atoms with Gasteiger partial charge in [0.05, 0.1) is 24.7 Å². The van der Waals surface area contributed by atoms with Gasteiger partial charge in [0.2, 0.25) is 0 Å². The van der Waals surface area contributed by atoms with Crippen molar-refractivity contribution in [1.29, 1.82) is 0 Å². The monoisotopic (exact) mass is 426 g/mol. The molecule has 0 spiro atoms. The van der Waals surface area contributed by atoms with Crippen molar-refractivity contribution >= 4 is 34.4 Å². The van der Waals surface area contributed by atoms with Gasteiger partial charge < -0.3 is 20.1 Å². The third kappa shape index (κ3) is 4.06. The maximum absolute atomic E-state index is 13.0. The Hall–Kier alpha value is -2.83. The first-order chi connectivity index (χ1) is 14.4. The quantitative estimate of drug-likeness (QED) is 0.545. The molecule has 1 aliphatic rings. The van der Waals surface area contributed by atoms with Crippen molar-refractivity contribution < 1.29 is 19.4 Å². The lowest BCUT2D eigenvalue weighted by atomic mass is 9.75. The fourth-order valence-corrected chi connectivity index (χ4v) is 4.27. The summed E-state index contributed by atoms with van der Waals surface area (Å²) in [5.41, 5.74) is 1.73. The fraction of sp³-hybridized carbons (Fsp3) is 0.304. The van der Waals surface area contributed by atoms with Gasteiger partial charge in [-0.1, -0.05) is 35.9 Å². The molecule has 0 saturated heterocycles. The van der Waals surface area contributed by atoms with Crippen LogP contribution in [0.5, 0.6) is 0 Å². The normalized spacial score (nSPS) is 20.6. The first kappa shape index (κ1) is 20.4. The number of aliphatic hydroxyl groups is 1. The van der Waals surface area contributed by atoms with E-state index in [1.807, 2.05) is 30.3 Å². The molecule has 1 heterocycles. The van der Waals surface area contributed by atoms with E-state index in [2.05, 4.69) is 10.3 Å². The molecule has 0 fully saturated rings. The minimum atomic E-state index is -1.44. The van der Waals surface area contributed by atoms with Crippen molar-refractivity contribution in [2.75, 3.05) is 6.61 Å². The third-order valence-corrected chi connectivity index (χ3v) is 5.81. The minimum absolute atomic E-state index is 0.192. The Labute approximate surface area is 179 Å². The minimum Gasteiger partial charge on any atom is -0.466 e. The first-order valence-electron chi connectivity index (χ1n) is 9.92. The lowest BCUT2D eigenvalue weighted by molar-refractivity contribution is -0.150. The lowest BCUT2D eigenvalue weighted by Gasteiger charge is -2.40. The highest BCUT2D eigenvalue weighted by Gasteiger charge is 2.44. The second-order valence-corrected chi connectivity index (χ2v) is 8.11. The number of rotatable bonds is 5. The van der Waals surface area contributed by atoms with E-state index < -0.39 is 17.6 Å². The van der Waals surface area contributed by atoms with Gasteiger partial charge in [-0.25, -0.2) is 0 Å². The van der Waals surface area contributed by atoms with Crippen LogP contribution in [0.1, 0.15) is 35.0 Å². The summed E-state index contributed by atoms with van der Waals surface area (Å²) in [5.74, 6) is -0.840. The second kappa shape index (κ2) is 8.13. The highest BCUT2D eigenvalue weighted by molar-refractivity contribution is 6.31. The summed E-state index contributed by atoms with van der Waals surface area (Å²) in [5, 5.41) is 15.7. The zero-order valence-corrected chi connectivity index (χ0v) is 17.3. The van der Waals surface area contributed by atoms with Crippen molar-refractivity contribution in [1.82, 2.24) is 10.3 Å². The lowest BCUT2D eigenvalue weighted by Crippen LogP contribution is -2.58. The van der Waals surface area contributed by atoms with Crippen molar-refractivity contribution in [3.8, 4) is 0 Å². The summed E-state index contributed by atoms with van der Waals surface area (Å²) in [6.07, 6.45) is 0.488. The molecular weight excluding hydrogens is 404 g/mol. The smallest absolute Gasteiger partial charge is 0.308 e. The molecule has 3 N–H and O–H groups in total. The van der Waals surface area contributed by atoms with E-state index in [4.69, 9.17) is 16.3 Å². The molecule has 0 saturated carbocycles. The summed E-state index contributed by atoms with van der Waals surface area (Å²) < 4.78 is 5.06. The van der Waals surface area contributed by atoms with E-state index in [9.17, 15) is 14.7 Å². The second-order valence-electron chi connectivity index (χ2n) is 7.68. The number of carbonyl (C=O) groups excluding carboxylic acids is 2. The Morgan fingerprint density at radius 3 is 2.77 bits per heavy atom. The summed E-state index contributed by atoms with van der Waals surface area (Å²) in [4.78, 5) is 28.2. The van der Waals surface area contributed by atoms with Gasteiger partial charge in [0, 0.05) is 22.3 Å². The maximum Gasteiger partial charge on any atom is 0.308 e. The Kier molecular flexibility index (Phi) is 5.54. The molecule has 6 nitrogen and oxygen atoms in total. The molecule has 3 aromatic rings. The number of aromatic amines is 1. The largest absolute Gasteiger partial charge is 0.466 e. The number of hydrogen-bond donors (Lipinski definition) is 3. The SMILES string of the molecule is CCOC(=O)C[C@@]1(O)Cc2ccccc2C[C@@H]1NC(=O)c1cc2cc(Cl)ccc2[nH]1. The topological polar surface area (TPSA) is 91.4 Å². The molecule has 4 rings (SSSR count).